The van der Waals surface area contributed by atoms with Crippen LogP contribution in [0.2, 0.25) is 0 Å². The van der Waals surface area contributed by atoms with Gasteiger partial charge in [-0.15, -0.1) is 0 Å². The molecule has 1 aromatic heterocycles. The van der Waals surface area contributed by atoms with Crippen LogP contribution >= 0.6 is 0 Å². The van der Waals surface area contributed by atoms with E-state index in [0.717, 1.165) is 13.0 Å². The van der Waals surface area contributed by atoms with Crippen molar-refractivity contribution in [1.82, 2.24) is 4.57 Å². The van der Waals surface area contributed by atoms with Crippen molar-refractivity contribution in [3.05, 3.63) is 34.5 Å². The molecular formula is C17H24N2. The van der Waals surface area contributed by atoms with E-state index in [1.54, 1.807) is 5.56 Å². The molecule has 2 N–H and O–H groups in total. The van der Waals surface area contributed by atoms with Gasteiger partial charge in [0.25, 0.3) is 0 Å². The second-order valence-electron chi connectivity index (χ2n) is 6.02. The molecule has 2 nitrogen and oxygen atoms in total. The van der Waals surface area contributed by atoms with Gasteiger partial charge in [-0.1, -0.05) is 13.0 Å². The number of hydrogen-bond acceptors (Lipinski definition) is 1. The third kappa shape index (κ3) is 1.90. The highest BCUT2D eigenvalue weighted by molar-refractivity contribution is 5.89. The summed E-state index contributed by atoms with van der Waals surface area (Å²) >= 11 is 0. The van der Waals surface area contributed by atoms with E-state index in [4.69, 9.17) is 5.73 Å². The molecule has 2 heteroatoms. The minimum absolute atomic E-state index is 0.565. The molecule has 1 aliphatic rings. The van der Waals surface area contributed by atoms with Crippen molar-refractivity contribution in [2.75, 3.05) is 6.54 Å². The minimum Gasteiger partial charge on any atom is -0.344 e. The molecule has 0 fully saturated rings. The Labute approximate surface area is 115 Å². The van der Waals surface area contributed by atoms with Gasteiger partial charge in [-0.05, 0) is 68.3 Å². The largest absolute Gasteiger partial charge is 0.344 e. The smallest absolute Gasteiger partial charge is 0.0517 e. The van der Waals surface area contributed by atoms with E-state index < -0.39 is 0 Å². The first-order chi connectivity index (χ1) is 9.13. The average Bonchev–Trinajstić information content (AvgIpc) is 2.66. The van der Waals surface area contributed by atoms with Crippen molar-refractivity contribution in [2.24, 2.45) is 5.73 Å². The summed E-state index contributed by atoms with van der Waals surface area (Å²) in [6, 6.07) is 4.83. The molecule has 0 aliphatic carbocycles. The summed E-state index contributed by atoms with van der Waals surface area (Å²) in [6.07, 6.45) is 3.57. The fraction of sp³-hybridized carbons (Fsp3) is 0.529. The third-order valence-electron chi connectivity index (χ3n) is 4.83. The summed E-state index contributed by atoms with van der Waals surface area (Å²) in [4.78, 5) is 0. The number of aryl methyl sites for hydroxylation is 3. The maximum Gasteiger partial charge on any atom is 0.0517 e. The summed E-state index contributed by atoms with van der Waals surface area (Å²) in [6.45, 7) is 8.77. The van der Waals surface area contributed by atoms with Crippen molar-refractivity contribution in [3.8, 4) is 0 Å². The standard InChI is InChI=1S/C17H24N2/c1-11(6-7-18)15-9-14-5-4-8-19-13(3)12(2)16(10-15)17(14)19/h9-11H,4-8,18H2,1-3H3. The molecule has 0 spiro atoms. The Balaban J connectivity index is 2.23. The normalized spacial score (nSPS) is 16.0. The summed E-state index contributed by atoms with van der Waals surface area (Å²) in [5.41, 5.74) is 13.1. The van der Waals surface area contributed by atoms with Gasteiger partial charge in [0, 0.05) is 17.6 Å². The molecule has 0 radical (unpaired) electrons. The van der Waals surface area contributed by atoms with Crippen LogP contribution in [0.5, 0.6) is 0 Å². The molecule has 0 saturated carbocycles. The molecule has 3 rings (SSSR count). The predicted molar refractivity (Wildman–Crippen MR) is 81.8 cm³/mol. The van der Waals surface area contributed by atoms with E-state index in [2.05, 4.69) is 37.5 Å². The quantitative estimate of drug-likeness (QED) is 0.892. The first-order valence-corrected chi connectivity index (χ1v) is 7.45. The fourth-order valence-electron chi connectivity index (χ4n) is 3.49. The van der Waals surface area contributed by atoms with Crippen molar-refractivity contribution in [3.63, 3.8) is 0 Å². The second-order valence-corrected chi connectivity index (χ2v) is 6.02. The zero-order valence-corrected chi connectivity index (χ0v) is 12.3. The lowest BCUT2D eigenvalue weighted by molar-refractivity contribution is 0.620. The van der Waals surface area contributed by atoms with Crippen molar-refractivity contribution >= 4 is 10.9 Å². The molecule has 0 bridgehead atoms. The van der Waals surface area contributed by atoms with Crippen LogP contribution in [0, 0.1) is 13.8 Å². The lowest BCUT2D eigenvalue weighted by Crippen LogP contribution is -2.10. The number of rotatable bonds is 3. The van der Waals surface area contributed by atoms with Crippen LogP contribution in [-0.4, -0.2) is 11.1 Å². The Bertz CT molecular complexity index is 622. The second kappa shape index (κ2) is 4.68. The fourth-order valence-corrected chi connectivity index (χ4v) is 3.49. The lowest BCUT2D eigenvalue weighted by atomic mass is 9.91. The predicted octanol–water partition coefficient (Wildman–Crippen LogP) is 3.66. The van der Waals surface area contributed by atoms with Gasteiger partial charge in [-0.25, -0.2) is 0 Å². The molecule has 1 atom stereocenters. The average molecular weight is 256 g/mol. The summed E-state index contributed by atoms with van der Waals surface area (Å²) in [7, 11) is 0. The van der Waals surface area contributed by atoms with Crippen LogP contribution in [-0.2, 0) is 13.0 Å². The van der Waals surface area contributed by atoms with Crippen LogP contribution in [0.4, 0.5) is 0 Å². The number of aromatic nitrogens is 1. The number of benzene rings is 1. The van der Waals surface area contributed by atoms with Gasteiger partial charge < -0.3 is 10.3 Å². The molecule has 2 aromatic rings. The van der Waals surface area contributed by atoms with Gasteiger partial charge in [0.1, 0.15) is 0 Å². The zero-order valence-electron chi connectivity index (χ0n) is 12.3. The van der Waals surface area contributed by atoms with Crippen LogP contribution < -0.4 is 5.73 Å². The Morgan fingerprint density at radius 1 is 1.32 bits per heavy atom. The first kappa shape index (κ1) is 12.7. The maximum atomic E-state index is 5.72. The third-order valence-corrected chi connectivity index (χ3v) is 4.83. The van der Waals surface area contributed by atoms with E-state index in [9.17, 15) is 0 Å². The summed E-state index contributed by atoms with van der Waals surface area (Å²) in [5, 5.41) is 1.47. The molecule has 0 amide bonds. The van der Waals surface area contributed by atoms with Gasteiger partial charge >= 0.3 is 0 Å². The highest BCUT2D eigenvalue weighted by Crippen LogP contribution is 2.35. The Morgan fingerprint density at radius 2 is 2.11 bits per heavy atom. The molecule has 102 valence electrons. The van der Waals surface area contributed by atoms with Gasteiger partial charge in [0.15, 0.2) is 0 Å². The van der Waals surface area contributed by atoms with Crippen LogP contribution in [0.3, 0.4) is 0 Å². The molecule has 1 aliphatic heterocycles. The monoisotopic (exact) mass is 256 g/mol. The SMILES string of the molecule is Cc1c(C)n2c3c(cc(C(C)CCN)cc13)CCC2. The highest BCUT2D eigenvalue weighted by Gasteiger charge is 2.19. The molecule has 1 unspecified atom stereocenters. The van der Waals surface area contributed by atoms with E-state index in [-0.39, 0.29) is 0 Å². The molecule has 2 heterocycles. The van der Waals surface area contributed by atoms with E-state index in [1.807, 2.05) is 0 Å². The van der Waals surface area contributed by atoms with Crippen molar-refractivity contribution < 1.29 is 0 Å². The molecule has 0 saturated heterocycles. The number of nitrogens with zero attached hydrogens (tertiary/aromatic N) is 1. The lowest BCUT2D eigenvalue weighted by Gasteiger charge is -2.19. The highest BCUT2D eigenvalue weighted by atomic mass is 15.0. The van der Waals surface area contributed by atoms with E-state index in [1.165, 1.54) is 47.1 Å². The van der Waals surface area contributed by atoms with Crippen LogP contribution in [0.15, 0.2) is 12.1 Å². The Kier molecular flexibility index (Phi) is 3.14. The van der Waals surface area contributed by atoms with Gasteiger partial charge in [0.2, 0.25) is 0 Å². The Hall–Kier alpha value is -1.28. The molecule has 1 aromatic carbocycles. The number of hydrogen-bond donors (Lipinski definition) is 1. The number of nitrogens with two attached hydrogens (primary N) is 1. The zero-order chi connectivity index (χ0) is 13.6. The van der Waals surface area contributed by atoms with Crippen molar-refractivity contribution in [2.45, 2.75) is 52.5 Å². The van der Waals surface area contributed by atoms with Gasteiger partial charge in [0.05, 0.1) is 5.52 Å². The van der Waals surface area contributed by atoms with E-state index >= 15 is 0 Å². The Morgan fingerprint density at radius 3 is 2.84 bits per heavy atom. The van der Waals surface area contributed by atoms with Crippen LogP contribution in [0.1, 0.15) is 48.1 Å². The van der Waals surface area contributed by atoms with Crippen LogP contribution in [0.25, 0.3) is 10.9 Å². The summed E-state index contributed by atoms with van der Waals surface area (Å²) < 4.78 is 2.51. The van der Waals surface area contributed by atoms with Gasteiger partial charge in [-0.3, -0.25) is 0 Å². The maximum absolute atomic E-state index is 5.72. The topological polar surface area (TPSA) is 30.9 Å². The first-order valence-electron chi connectivity index (χ1n) is 7.45. The summed E-state index contributed by atoms with van der Waals surface area (Å²) in [5.74, 6) is 0.565. The molecule has 19 heavy (non-hydrogen) atoms. The minimum atomic E-state index is 0.565. The van der Waals surface area contributed by atoms with Gasteiger partial charge in [-0.2, -0.15) is 0 Å². The van der Waals surface area contributed by atoms with Crippen molar-refractivity contribution in [1.29, 1.82) is 0 Å². The van der Waals surface area contributed by atoms with E-state index in [0.29, 0.717) is 5.92 Å². The molecular weight excluding hydrogens is 232 g/mol.